The van der Waals surface area contributed by atoms with Crippen molar-refractivity contribution in [2.24, 2.45) is 22.9 Å². The highest BCUT2D eigenvalue weighted by Gasteiger charge is 2.38. The summed E-state index contributed by atoms with van der Waals surface area (Å²) >= 11 is 5.01. The van der Waals surface area contributed by atoms with Gasteiger partial charge in [-0.1, -0.05) is 60.7 Å². The molecule has 0 aliphatic heterocycles. The molecule has 4 rings (SSSR count). The number of hydrogen-bond acceptors (Lipinski definition) is 20. The number of hydrogen-bond donors (Lipinski definition) is 19. The molecule has 92 heavy (non-hydrogen) atoms. The van der Waals surface area contributed by atoms with Crippen LogP contribution in [0.5, 0.6) is 5.75 Å². The summed E-state index contributed by atoms with van der Waals surface area (Å²) in [5.74, 6) is -11.2. The molecule has 0 saturated carbocycles. The number of aromatic hydroxyl groups is 1. The third kappa shape index (κ3) is 24.7. The molecule has 3 aromatic carbocycles. The van der Waals surface area contributed by atoms with E-state index in [-0.39, 0.29) is 74.6 Å². The lowest BCUT2D eigenvalue weighted by atomic mass is 10.0. The van der Waals surface area contributed by atoms with E-state index in [9.17, 15) is 78.3 Å². The number of rotatable bonds is 40. The fraction of sp³-hybridized carbons (Fsp3) is 0.483. The number of nitrogens with one attached hydrogen (secondary N) is 9. The molecule has 0 aliphatic rings. The highest BCUT2D eigenvalue weighted by molar-refractivity contribution is 7.99. The van der Waals surface area contributed by atoms with Crippen LogP contribution >= 0.6 is 24.4 Å². The van der Waals surface area contributed by atoms with Gasteiger partial charge in [0, 0.05) is 42.7 Å². The standard InChI is InChI=1S/C60H86N14O16S2/c1-32(75)50(72-54(82)41(15-9-10-22-61)67-55(83)43(27-36-29-65-40-14-8-7-13-38(36)40)68-52(80)39(63)25-35-16-18-37(77)19-17-35)57(85)69-44(26-34-11-5-4-6-12-34)58(86)74(3)46(59(87)88)21-24-92-31-49(79)71-47(64)28-48(78)66-42(20-23-62)53(81)70-45(30-91)56(84)73-51(33(2)76)60(89)90/h4-8,11-14,16-19,29,32-33,39,41-47,50-51,65,75-77,91H,9-10,15,20-28,30-31,61-64H2,1-3H3,(H,66,78)(H,67,83)(H,68,80)(H,69,85)(H,70,81)(H,71,79)(H,72,82)(H,73,84)(H,87,88)(H,89,90)/t32-,33-,39+,41+,42+,43-,44+,45+,46+,47?,50+,51+/m1/s1. The summed E-state index contributed by atoms with van der Waals surface area (Å²) in [6.07, 6.45) is -3.05. The van der Waals surface area contributed by atoms with Gasteiger partial charge in [0.2, 0.25) is 53.2 Å². The Kier molecular flexibility index (Phi) is 31.8. The molecule has 12 atom stereocenters. The number of carbonyl (C=O) groups excluding carboxylic acids is 9. The van der Waals surface area contributed by atoms with Crippen LogP contribution in [0.2, 0.25) is 0 Å². The number of unbranched alkanes of at least 4 members (excludes halogenated alkanes) is 1. The van der Waals surface area contributed by atoms with Gasteiger partial charge in [-0.15, -0.1) is 0 Å². The van der Waals surface area contributed by atoms with Gasteiger partial charge in [-0.3, -0.25) is 43.2 Å². The first-order chi connectivity index (χ1) is 43.7. The predicted molar refractivity (Wildman–Crippen MR) is 344 cm³/mol. The van der Waals surface area contributed by atoms with Gasteiger partial charge in [0.25, 0.3) is 0 Å². The van der Waals surface area contributed by atoms with E-state index in [4.69, 9.17) is 22.9 Å². The molecule has 504 valence electrons. The van der Waals surface area contributed by atoms with Gasteiger partial charge in [-0.2, -0.15) is 24.4 Å². The van der Waals surface area contributed by atoms with E-state index < -0.39 is 144 Å². The maximum absolute atomic E-state index is 14.4. The maximum Gasteiger partial charge on any atom is 0.328 e. The van der Waals surface area contributed by atoms with Crippen molar-refractivity contribution in [3.8, 4) is 5.75 Å². The number of aromatic nitrogens is 1. The molecule has 1 heterocycles. The molecule has 30 nitrogen and oxygen atoms in total. The molecule has 32 heteroatoms. The maximum atomic E-state index is 14.4. The number of thiol groups is 1. The number of nitrogens with zero attached hydrogens (tertiary/aromatic N) is 1. The van der Waals surface area contributed by atoms with E-state index in [0.29, 0.717) is 29.5 Å². The summed E-state index contributed by atoms with van der Waals surface area (Å²) in [6.45, 7) is 2.48. The van der Waals surface area contributed by atoms with Crippen LogP contribution in [0.1, 0.15) is 69.1 Å². The van der Waals surface area contributed by atoms with E-state index in [1.54, 1.807) is 54.7 Å². The lowest BCUT2D eigenvalue weighted by Gasteiger charge is -2.31. The highest BCUT2D eigenvalue weighted by atomic mass is 32.2. The largest absolute Gasteiger partial charge is 0.508 e. The molecule has 4 aromatic rings. The number of H-pyrrole nitrogens is 1. The molecule has 1 aromatic heterocycles. The number of benzene rings is 3. The van der Waals surface area contributed by atoms with Gasteiger partial charge in [0.05, 0.1) is 36.6 Å². The fourth-order valence-corrected chi connectivity index (χ4v) is 10.6. The lowest BCUT2D eigenvalue weighted by molar-refractivity contribution is -0.150. The minimum absolute atomic E-state index is 0.0125. The Hall–Kier alpha value is -8.37. The number of para-hydroxylation sites is 1. The van der Waals surface area contributed by atoms with Crippen molar-refractivity contribution >= 4 is 100 Å². The topological polar surface area (TPSA) is 508 Å². The van der Waals surface area contributed by atoms with Gasteiger partial charge in [0.15, 0.2) is 6.04 Å². The van der Waals surface area contributed by atoms with Gasteiger partial charge in [-0.25, -0.2) is 9.59 Å². The minimum Gasteiger partial charge on any atom is -0.508 e. The molecule has 0 radical (unpaired) electrons. The van der Waals surface area contributed by atoms with Crippen LogP contribution in [0.25, 0.3) is 10.9 Å². The van der Waals surface area contributed by atoms with Crippen molar-refractivity contribution < 1.29 is 78.3 Å². The number of phenols is 1. The quantitative estimate of drug-likeness (QED) is 0.0118. The number of likely N-dealkylation sites (N-methyl/N-ethyl adjacent to an activating group) is 1. The predicted octanol–water partition coefficient (Wildman–Crippen LogP) is -3.30. The second-order valence-electron chi connectivity index (χ2n) is 22.0. The van der Waals surface area contributed by atoms with Crippen LogP contribution in [-0.2, 0) is 72.0 Å². The lowest BCUT2D eigenvalue weighted by Crippen LogP contribution is -2.61. The van der Waals surface area contributed by atoms with Crippen LogP contribution in [0.3, 0.4) is 0 Å². The van der Waals surface area contributed by atoms with Gasteiger partial charge < -0.3 is 101 Å². The monoisotopic (exact) mass is 1320 g/mol. The van der Waals surface area contributed by atoms with Crippen LogP contribution < -0.4 is 65.5 Å². The molecule has 0 spiro atoms. The van der Waals surface area contributed by atoms with Crippen LogP contribution in [0, 0.1) is 0 Å². The number of phenolic OH excluding ortho intramolecular Hbond substituents is 1. The van der Waals surface area contributed by atoms with E-state index in [2.05, 4.69) is 60.1 Å². The zero-order valence-corrected chi connectivity index (χ0v) is 53.0. The third-order valence-corrected chi connectivity index (χ3v) is 15.9. The van der Waals surface area contributed by atoms with Crippen molar-refractivity contribution in [1.29, 1.82) is 0 Å². The van der Waals surface area contributed by atoms with Crippen molar-refractivity contribution in [3.63, 3.8) is 0 Å². The SMILES string of the molecule is C[C@@H](O)[C@H](NC(=O)[C@H](CS)NC(=O)[C@H](CCN)NC(=O)CC(N)NC(=O)CSCC[C@@H](C(=O)O)N(C)C(=O)[C@H](Cc1ccccc1)NC(=O)[C@@H](NC(=O)[C@H](CCCCN)NC(=O)[C@@H](Cc1c[nH]c2ccccc12)NC(=O)[C@@H](N)Cc1ccc(O)cc1)[C@@H](C)O)C(=O)O. The molecule has 0 fully saturated rings. The molecule has 22 N–H and O–H groups in total. The Balaban J connectivity index is 1.42. The van der Waals surface area contributed by atoms with Gasteiger partial charge in [0.1, 0.15) is 48.0 Å². The summed E-state index contributed by atoms with van der Waals surface area (Å²) in [7, 11) is 1.21. The first-order valence-corrected chi connectivity index (χ1v) is 31.4. The Morgan fingerprint density at radius 2 is 1.14 bits per heavy atom. The van der Waals surface area contributed by atoms with Gasteiger partial charge >= 0.3 is 11.9 Å². The number of amides is 9. The van der Waals surface area contributed by atoms with Crippen LogP contribution in [0.4, 0.5) is 0 Å². The number of carboxylic acids is 2. The van der Waals surface area contributed by atoms with E-state index in [1.807, 2.05) is 18.2 Å². The number of thioether (sulfide) groups is 1. The molecular weight excluding hydrogens is 1240 g/mol. The molecule has 9 amide bonds. The number of aliphatic carboxylic acids is 2. The van der Waals surface area contributed by atoms with Crippen LogP contribution in [0.15, 0.2) is 85.1 Å². The number of carbonyl (C=O) groups is 11. The van der Waals surface area contributed by atoms with Crippen molar-refractivity contribution in [2.45, 2.75) is 144 Å². The average Bonchev–Trinajstić information content (AvgIpc) is 1.60. The Bertz CT molecular complexity index is 3130. The molecule has 0 saturated heterocycles. The van der Waals surface area contributed by atoms with E-state index in [0.717, 1.165) is 34.5 Å². The van der Waals surface area contributed by atoms with Crippen molar-refractivity contribution in [1.82, 2.24) is 52.4 Å². The number of carboxylic acid groups (broad SMARTS) is 2. The van der Waals surface area contributed by atoms with E-state index in [1.165, 1.54) is 26.1 Å². The average molecular weight is 1320 g/mol. The van der Waals surface area contributed by atoms with Crippen molar-refractivity contribution in [2.75, 3.05) is 37.4 Å². The summed E-state index contributed by atoms with van der Waals surface area (Å²) in [4.78, 5) is 151. The normalized spacial score (nSPS) is 15.2. The number of nitrogens with two attached hydrogens (primary N) is 4. The minimum atomic E-state index is -1.76. The smallest absolute Gasteiger partial charge is 0.328 e. The molecule has 0 bridgehead atoms. The van der Waals surface area contributed by atoms with E-state index >= 15 is 0 Å². The highest BCUT2D eigenvalue weighted by Crippen LogP contribution is 2.21. The van der Waals surface area contributed by atoms with Crippen LogP contribution in [-0.4, -0.2) is 211 Å². The fourth-order valence-electron chi connectivity index (χ4n) is 9.53. The molecular formula is C60H86N14O16S2. The summed E-state index contributed by atoms with van der Waals surface area (Å²) in [5.41, 5.74) is 26.4. The summed E-state index contributed by atoms with van der Waals surface area (Å²) in [6, 6.07) is 8.78. The number of aliphatic hydroxyl groups excluding tert-OH is 2. The van der Waals surface area contributed by atoms with Crippen molar-refractivity contribution in [3.05, 3.63) is 102 Å². The zero-order valence-electron chi connectivity index (χ0n) is 51.2. The number of aliphatic hydroxyl groups is 2. The summed E-state index contributed by atoms with van der Waals surface area (Å²) < 4.78 is 0. The Morgan fingerprint density at radius 1 is 0.576 bits per heavy atom. The Labute approximate surface area is 541 Å². The van der Waals surface area contributed by atoms with Gasteiger partial charge in [-0.05, 0) is 106 Å². The zero-order chi connectivity index (χ0) is 68.2. The first-order valence-electron chi connectivity index (χ1n) is 29.6. The number of fused-ring (bicyclic) bond motifs is 1. The second kappa shape index (κ2) is 38.5. The number of aromatic amines is 1. The third-order valence-electron chi connectivity index (χ3n) is 14.6. The molecule has 0 aliphatic carbocycles. The second-order valence-corrected chi connectivity index (χ2v) is 23.4. The Morgan fingerprint density at radius 3 is 1.76 bits per heavy atom. The molecule has 1 unspecified atom stereocenters. The first kappa shape index (κ1) is 76.1. The summed E-state index contributed by atoms with van der Waals surface area (Å²) in [5, 5.41) is 70.9.